The van der Waals surface area contributed by atoms with Gasteiger partial charge >= 0.3 is 12.3 Å². The van der Waals surface area contributed by atoms with E-state index in [2.05, 4.69) is 4.74 Å². The minimum Gasteiger partial charge on any atom is -0.440 e. The zero-order valence-corrected chi connectivity index (χ0v) is 8.45. The molecule has 18 heavy (non-hydrogen) atoms. The van der Waals surface area contributed by atoms with Crippen LogP contribution < -0.4 is 5.32 Å². The van der Waals surface area contributed by atoms with E-state index in [0.717, 1.165) is 0 Å². The van der Waals surface area contributed by atoms with Crippen LogP contribution in [0, 0.1) is 17.5 Å². The third-order valence-corrected chi connectivity index (χ3v) is 1.60. The first kappa shape index (κ1) is 14.1. The van der Waals surface area contributed by atoms with Gasteiger partial charge < -0.3 is 4.74 Å². The molecule has 1 amide bonds. The maximum absolute atomic E-state index is 13.0. The lowest BCUT2D eigenvalue weighted by Crippen LogP contribution is -2.24. The number of alkyl halides is 3. The summed E-state index contributed by atoms with van der Waals surface area (Å²) in [5.41, 5.74) is -1.09. The van der Waals surface area contributed by atoms with Crippen molar-refractivity contribution in [1.82, 2.24) is 0 Å². The Labute approximate surface area is 96.3 Å². The molecule has 0 aliphatic heterocycles. The van der Waals surface area contributed by atoms with Gasteiger partial charge in [0.05, 0.1) is 0 Å². The van der Waals surface area contributed by atoms with Gasteiger partial charge in [-0.3, -0.25) is 5.32 Å². The maximum atomic E-state index is 13.0. The Hall–Kier alpha value is -1.93. The fraction of sp³-hybridized carbons (Fsp3) is 0.222. The topological polar surface area (TPSA) is 38.3 Å². The third kappa shape index (κ3) is 4.15. The lowest BCUT2D eigenvalue weighted by molar-refractivity contribution is -0.159. The number of benzene rings is 1. The molecule has 100 valence electrons. The Morgan fingerprint density at radius 1 is 1.17 bits per heavy atom. The van der Waals surface area contributed by atoms with Crippen molar-refractivity contribution >= 4 is 11.8 Å². The summed E-state index contributed by atoms with van der Waals surface area (Å²) in [7, 11) is 0. The number of nitrogens with one attached hydrogen (secondary N) is 1. The number of hydrogen-bond donors (Lipinski definition) is 1. The molecule has 0 saturated heterocycles. The lowest BCUT2D eigenvalue weighted by atomic mass is 10.3. The molecule has 0 aromatic heterocycles. The van der Waals surface area contributed by atoms with Crippen molar-refractivity contribution in [2.75, 3.05) is 11.9 Å². The van der Waals surface area contributed by atoms with Crippen LogP contribution in [0.2, 0.25) is 0 Å². The van der Waals surface area contributed by atoms with Crippen LogP contribution in [-0.4, -0.2) is 18.9 Å². The van der Waals surface area contributed by atoms with E-state index < -0.39 is 42.0 Å². The van der Waals surface area contributed by atoms with Crippen LogP contribution in [0.1, 0.15) is 0 Å². The van der Waals surface area contributed by atoms with Crippen LogP contribution in [0.5, 0.6) is 0 Å². The number of amides is 1. The molecule has 0 radical (unpaired) electrons. The van der Waals surface area contributed by atoms with Gasteiger partial charge in [-0.25, -0.2) is 18.0 Å². The van der Waals surface area contributed by atoms with Crippen molar-refractivity contribution in [3.8, 4) is 0 Å². The van der Waals surface area contributed by atoms with Gasteiger partial charge in [-0.05, 0) is 0 Å². The molecule has 0 bridgehead atoms. The molecule has 3 nitrogen and oxygen atoms in total. The Balaban J connectivity index is 2.71. The summed E-state index contributed by atoms with van der Waals surface area (Å²) in [5, 5.41) is 1.40. The number of hydrogen-bond acceptors (Lipinski definition) is 2. The van der Waals surface area contributed by atoms with E-state index in [-0.39, 0.29) is 12.1 Å². The number of halogens is 6. The molecule has 0 aliphatic rings. The van der Waals surface area contributed by atoms with Gasteiger partial charge in [0.15, 0.2) is 18.2 Å². The number of ether oxygens (including phenoxy) is 1. The van der Waals surface area contributed by atoms with Crippen LogP contribution in [0.3, 0.4) is 0 Å². The SMILES string of the molecule is O=C(Nc1c(F)cc(F)cc1F)OCC(F)(F)F. The van der Waals surface area contributed by atoms with E-state index in [4.69, 9.17) is 0 Å². The molecule has 1 aromatic carbocycles. The van der Waals surface area contributed by atoms with Crippen LogP contribution in [0.15, 0.2) is 12.1 Å². The fourth-order valence-electron chi connectivity index (χ4n) is 0.947. The highest BCUT2D eigenvalue weighted by Crippen LogP contribution is 2.21. The minimum absolute atomic E-state index is 0.252. The second kappa shape index (κ2) is 5.15. The third-order valence-electron chi connectivity index (χ3n) is 1.60. The Morgan fingerprint density at radius 2 is 1.67 bits per heavy atom. The molecule has 0 atom stereocenters. The molecule has 1 aromatic rings. The average molecular weight is 273 g/mol. The van der Waals surface area contributed by atoms with Gasteiger partial charge in [0.2, 0.25) is 0 Å². The van der Waals surface area contributed by atoms with Crippen LogP contribution in [-0.2, 0) is 4.74 Å². The second-order valence-corrected chi connectivity index (χ2v) is 3.06. The van der Waals surface area contributed by atoms with E-state index >= 15 is 0 Å². The minimum atomic E-state index is -4.77. The zero-order chi connectivity index (χ0) is 13.9. The van der Waals surface area contributed by atoms with Gasteiger partial charge in [-0.1, -0.05) is 0 Å². The van der Waals surface area contributed by atoms with E-state index in [1.165, 1.54) is 5.32 Å². The van der Waals surface area contributed by atoms with Gasteiger partial charge in [0, 0.05) is 12.1 Å². The number of carbonyl (C=O) groups excluding carboxylic acids is 1. The summed E-state index contributed by atoms with van der Waals surface area (Å²) < 4.78 is 77.1. The van der Waals surface area contributed by atoms with Gasteiger partial charge in [0.1, 0.15) is 11.5 Å². The van der Waals surface area contributed by atoms with Crippen molar-refractivity contribution in [3.63, 3.8) is 0 Å². The summed E-state index contributed by atoms with van der Waals surface area (Å²) in [6.07, 6.45) is -6.48. The first-order valence-electron chi connectivity index (χ1n) is 4.34. The van der Waals surface area contributed by atoms with Crippen molar-refractivity contribution in [1.29, 1.82) is 0 Å². The van der Waals surface area contributed by atoms with Crippen LogP contribution in [0.4, 0.5) is 36.8 Å². The highest BCUT2D eigenvalue weighted by Gasteiger charge is 2.30. The first-order chi connectivity index (χ1) is 8.19. The molecule has 0 heterocycles. The number of rotatable bonds is 2. The lowest BCUT2D eigenvalue weighted by Gasteiger charge is -2.10. The van der Waals surface area contributed by atoms with Crippen LogP contribution >= 0.6 is 0 Å². The molecule has 1 rings (SSSR count). The molecule has 0 saturated carbocycles. The molecule has 0 aliphatic carbocycles. The van der Waals surface area contributed by atoms with E-state index in [0.29, 0.717) is 0 Å². The van der Waals surface area contributed by atoms with Crippen molar-refractivity contribution in [2.24, 2.45) is 0 Å². The molecule has 9 heteroatoms. The van der Waals surface area contributed by atoms with E-state index in [1.807, 2.05) is 0 Å². The van der Waals surface area contributed by atoms with Crippen LogP contribution in [0.25, 0.3) is 0 Å². The molecular formula is C9H5F6NO2. The molecule has 0 fully saturated rings. The largest absolute Gasteiger partial charge is 0.440 e. The van der Waals surface area contributed by atoms with Crippen molar-refractivity contribution < 1.29 is 35.9 Å². The Morgan fingerprint density at radius 3 is 2.11 bits per heavy atom. The van der Waals surface area contributed by atoms with Gasteiger partial charge in [0.25, 0.3) is 0 Å². The monoisotopic (exact) mass is 273 g/mol. The van der Waals surface area contributed by atoms with E-state index in [9.17, 15) is 31.1 Å². The highest BCUT2D eigenvalue weighted by atomic mass is 19.4. The summed E-state index contributed by atoms with van der Waals surface area (Å²) in [6.45, 7) is -1.91. The predicted octanol–water partition coefficient (Wildman–Crippen LogP) is 3.21. The smallest absolute Gasteiger partial charge is 0.422 e. The fourth-order valence-corrected chi connectivity index (χ4v) is 0.947. The first-order valence-corrected chi connectivity index (χ1v) is 4.34. The van der Waals surface area contributed by atoms with Gasteiger partial charge in [-0.2, -0.15) is 13.2 Å². The summed E-state index contributed by atoms with van der Waals surface area (Å²) in [6, 6.07) is 0.505. The Kier molecular flexibility index (Phi) is 4.04. The summed E-state index contributed by atoms with van der Waals surface area (Å²) in [5.74, 6) is -4.19. The molecule has 1 N–H and O–H groups in total. The van der Waals surface area contributed by atoms with Crippen molar-refractivity contribution in [2.45, 2.75) is 6.18 Å². The normalized spacial score (nSPS) is 11.2. The molecule has 0 unspecified atom stereocenters. The van der Waals surface area contributed by atoms with E-state index in [1.54, 1.807) is 0 Å². The van der Waals surface area contributed by atoms with Crippen molar-refractivity contribution in [3.05, 3.63) is 29.6 Å². The predicted molar refractivity (Wildman–Crippen MR) is 47.3 cm³/mol. The number of carbonyl (C=O) groups is 1. The standard InChI is InChI=1S/C9H5F6NO2/c10-4-1-5(11)7(6(12)2-4)16-8(17)18-3-9(13,14)15/h1-2H,3H2,(H,16,17). The highest BCUT2D eigenvalue weighted by molar-refractivity contribution is 5.84. The molecule has 0 spiro atoms. The average Bonchev–Trinajstić information content (AvgIpc) is 2.19. The Bertz CT molecular complexity index is 436. The quantitative estimate of drug-likeness (QED) is 0.840. The van der Waals surface area contributed by atoms with Gasteiger partial charge in [-0.15, -0.1) is 0 Å². The summed E-state index contributed by atoms with van der Waals surface area (Å²) >= 11 is 0. The molecular weight excluding hydrogens is 268 g/mol. The number of anilines is 1. The maximum Gasteiger partial charge on any atom is 0.422 e. The zero-order valence-electron chi connectivity index (χ0n) is 8.45. The summed E-state index contributed by atoms with van der Waals surface area (Å²) in [4.78, 5) is 10.8. The second-order valence-electron chi connectivity index (χ2n) is 3.06.